The summed E-state index contributed by atoms with van der Waals surface area (Å²) in [4.78, 5) is 0.0790. The Bertz CT molecular complexity index is 112. The van der Waals surface area contributed by atoms with E-state index in [-0.39, 0.29) is 17.0 Å². The Kier molecular flexibility index (Phi) is 3.10. The zero-order chi connectivity index (χ0) is 7.56. The van der Waals surface area contributed by atoms with Crippen LogP contribution in [0.5, 0.6) is 0 Å². The summed E-state index contributed by atoms with van der Waals surface area (Å²) in [5, 5.41) is 9.30. The predicted molar refractivity (Wildman–Crippen MR) is 42.1 cm³/mol. The van der Waals surface area contributed by atoms with Crippen LogP contribution in [0.25, 0.3) is 0 Å². The SMILES string of the molecule is NC[C@H]1CC(O)[C@@H](Br)CO1. The maximum Gasteiger partial charge on any atom is 0.0722 e. The Balaban J connectivity index is 2.33. The van der Waals surface area contributed by atoms with Crippen molar-refractivity contribution in [1.29, 1.82) is 0 Å². The average molecular weight is 210 g/mol. The topological polar surface area (TPSA) is 55.5 Å². The van der Waals surface area contributed by atoms with Crippen molar-refractivity contribution >= 4 is 15.9 Å². The molecule has 0 bridgehead atoms. The smallest absolute Gasteiger partial charge is 0.0722 e. The van der Waals surface area contributed by atoms with Crippen molar-refractivity contribution in [2.24, 2.45) is 5.73 Å². The first-order valence-electron chi connectivity index (χ1n) is 3.38. The minimum atomic E-state index is -0.303. The second-order valence-electron chi connectivity index (χ2n) is 2.51. The van der Waals surface area contributed by atoms with E-state index in [0.717, 1.165) is 0 Å². The van der Waals surface area contributed by atoms with Gasteiger partial charge in [-0.2, -0.15) is 0 Å². The van der Waals surface area contributed by atoms with Crippen molar-refractivity contribution in [2.45, 2.75) is 23.5 Å². The van der Waals surface area contributed by atoms with Crippen molar-refractivity contribution in [3.8, 4) is 0 Å². The first-order chi connectivity index (χ1) is 4.74. The fourth-order valence-electron chi connectivity index (χ4n) is 0.988. The number of aliphatic hydroxyl groups is 1. The van der Waals surface area contributed by atoms with Crippen LogP contribution < -0.4 is 5.73 Å². The minimum absolute atomic E-state index is 0.0452. The van der Waals surface area contributed by atoms with Crippen molar-refractivity contribution in [1.82, 2.24) is 0 Å². The van der Waals surface area contributed by atoms with E-state index in [0.29, 0.717) is 19.6 Å². The molecule has 1 aliphatic rings. The van der Waals surface area contributed by atoms with Gasteiger partial charge in [0.15, 0.2) is 0 Å². The Hall–Kier alpha value is 0.360. The van der Waals surface area contributed by atoms with E-state index in [4.69, 9.17) is 10.5 Å². The summed E-state index contributed by atoms with van der Waals surface area (Å²) >= 11 is 3.29. The van der Waals surface area contributed by atoms with Gasteiger partial charge >= 0.3 is 0 Å². The first kappa shape index (κ1) is 8.46. The first-order valence-corrected chi connectivity index (χ1v) is 4.29. The highest BCUT2D eigenvalue weighted by Crippen LogP contribution is 2.18. The summed E-state index contributed by atoms with van der Waals surface area (Å²) in [6.45, 7) is 1.06. The van der Waals surface area contributed by atoms with Crippen LogP contribution in [-0.4, -0.2) is 35.3 Å². The Morgan fingerprint density at radius 3 is 2.90 bits per heavy atom. The lowest BCUT2D eigenvalue weighted by molar-refractivity contribution is -0.0316. The minimum Gasteiger partial charge on any atom is -0.392 e. The molecule has 1 unspecified atom stereocenters. The van der Waals surface area contributed by atoms with E-state index in [1.165, 1.54) is 0 Å². The second-order valence-corrected chi connectivity index (χ2v) is 3.69. The number of ether oxygens (including phenoxy) is 1. The fraction of sp³-hybridized carbons (Fsp3) is 1.00. The van der Waals surface area contributed by atoms with Gasteiger partial charge in [-0.15, -0.1) is 0 Å². The summed E-state index contributed by atoms with van der Waals surface area (Å²) in [7, 11) is 0. The van der Waals surface area contributed by atoms with Crippen molar-refractivity contribution < 1.29 is 9.84 Å². The van der Waals surface area contributed by atoms with Gasteiger partial charge in [0.2, 0.25) is 0 Å². The maximum absolute atomic E-state index is 9.30. The Labute approximate surface area is 68.7 Å². The van der Waals surface area contributed by atoms with Crippen LogP contribution in [0.15, 0.2) is 0 Å². The quantitative estimate of drug-likeness (QED) is 0.592. The third kappa shape index (κ3) is 1.92. The Morgan fingerprint density at radius 1 is 1.70 bits per heavy atom. The highest BCUT2D eigenvalue weighted by molar-refractivity contribution is 9.09. The summed E-state index contributed by atoms with van der Waals surface area (Å²) in [5.41, 5.74) is 5.36. The third-order valence-corrected chi connectivity index (χ3v) is 2.55. The van der Waals surface area contributed by atoms with E-state index >= 15 is 0 Å². The van der Waals surface area contributed by atoms with E-state index in [1.54, 1.807) is 0 Å². The number of hydrogen-bond acceptors (Lipinski definition) is 3. The zero-order valence-corrected chi connectivity index (χ0v) is 7.25. The number of rotatable bonds is 1. The van der Waals surface area contributed by atoms with E-state index < -0.39 is 0 Å². The van der Waals surface area contributed by atoms with Gasteiger partial charge in [0.25, 0.3) is 0 Å². The maximum atomic E-state index is 9.30. The molecule has 3 nitrogen and oxygen atoms in total. The molecule has 0 amide bonds. The fourth-order valence-corrected chi connectivity index (χ4v) is 1.36. The Morgan fingerprint density at radius 2 is 2.40 bits per heavy atom. The average Bonchev–Trinajstić information content (AvgIpc) is 1.95. The molecule has 10 heavy (non-hydrogen) atoms. The summed E-state index contributed by atoms with van der Waals surface area (Å²) in [6, 6.07) is 0. The van der Waals surface area contributed by atoms with Crippen LogP contribution in [0, 0.1) is 0 Å². The van der Waals surface area contributed by atoms with Gasteiger partial charge in [-0.3, -0.25) is 0 Å². The number of hydrogen-bond donors (Lipinski definition) is 2. The summed E-state index contributed by atoms with van der Waals surface area (Å²) < 4.78 is 5.28. The lowest BCUT2D eigenvalue weighted by atomic mass is 10.1. The highest BCUT2D eigenvalue weighted by Gasteiger charge is 2.26. The van der Waals surface area contributed by atoms with Gasteiger partial charge in [-0.05, 0) is 0 Å². The van der Waals surface area contributed by atoms with Gasteiger partial charge in [-0.25, -0.2) is 0 Å². The van der Waals surface area contributed by atoms with Crippen LogP contribution in [0.4, 0.5) is 0 Å². The molecule has 1 aliphatic heterocycles. The molecule has 60 valence electrons. The van der Waals surface area contributed by atoms with E-state index in [9.17, 15) is 5.11 Å². The van der Waals surface area contributed by atoms with Gasteiger partial charge in [0.1, 0.15) is 0 Å². The van der Waals surface area contributed by atoms with Gasteiger partial charge < -0.3 is 15.6 Å². The van der Waals surface area contributed by atoms with Gasteiger partial charge in [0, 0.05) is 13.0 Å². The highest BCUT2D eigenvalue weighted by atomic mass is 79.9. The molecule has 0 aromatic carbocycles. The predicted octanol–water partition coefficient (Wildman–Crippen LogP) is -0.142. The molecule has 1 saturated heterocycles. The van der Waals surface area contributed by atoms with Crippen LogP contribution in [0.1, 0.15) is 6.42 Å². The molecule has 0 spiro atoms. The lowest BCUT2D eigenvalue weighted by Crippen LogP contribution is -2.41. The number of halogens is 1. The van der Waals surface area contributed by atoms with Crippen LogP contribution in [-0.2, 0) is 4.74 Å². The third-order valence-electron chi connectivity index (χ3n) is 1.68. The largest absolute Gasteiger partial charge is 0.392 e. The van der Waals surface area contributed by atoms with Gasteiger partial charge in [0.05, 0.1) is 23.6 Å². The monoisotopic (exact) mass is 209 g/mol. The molecule has 3 N–H and O–H groups in total. The molecule has 1 heterocycles. The van der Waals surface area contributed by atoms with Crippen LogP contribution in [0.3, 0.4) is 0 Å². The number of alkyl halides is 1. The molecule has 0 radical (unpaired) electrons. The van der Waals surface area contributed by atoms with Crippen molar-refractivity contribution in [3.63, 3.8) is 0 Å². The van der Waals surface area contributed by atoms with E-state index in [1.807, 2.05) is 0 Å². The summed E-state index contributed by atoms with van der Waals surface area (Å²) in [6.07, 6.45) is 0.387. The number of aliphatic hydroxyl groups excluding tert-OH is 1. The van der Waals surface area contributed by atoms with Crippen LogP contribution >= 0.6 is 15.9 Å². The normalized spacial score (nSPS) is 41.7. The van der Waals surface area contributed by atoms with E-state index in [2.05, 4.69) is 15.9 Å². The number of nitrogens with two attached hydrogens (primary N) is 1. The lowest BCUT2D eigenvalue weighted by Gasteiger charge is -2.29. The van der Waals surface area contributed by atoms with Crippen LogP contribution in [0.2, 0.25) is 0 Å². The summed E-state index contributed by atoms with van der Waals surface area (Å²) in [5.74, 6) is 0. The molecule has 0 aliphatic carbocycles. The molecule has 0 saturated carbocycles. The molecule has 3 atom stereocenters. The molecular formula is C6H12BrNO2. The molecule has 1 rings (SSSR count). The molecular weight excluding hydrogens is 198 g/mol. The van der Waals surface area contributed by atoms with Crippen molar-refractivity contribution in [3.05, 3.63) is 0 Å². The second kappa shape index (κ2) is 3.67. The van der Waals surface area contributed by atoms with Crippen molar-refractivity contribution in [2.75, 3.05) is 13.2 Å². The zero-order valence-electron chi connectivity index (χ0n) is 5.66. The molecule has 4 heteroatoms. The molecule has 1 fully saturated rings. The molecule has 0 aromatic heterocycles. The van der Waals surface area contributed by atoms with Gasteiger partial charge in [-0.1, -0.05) is 15.9 Å². The standard InChI is InChI=1S/C6H12BrNO2/c7-5-3-10-4(2-8)1-6(5)9/h4-6,9H,1-3,8H2/t4-,5+,6?/m1/s1. The molecule has 0 aromatic rings.